The van der Waals surface area contributed by atoms with Crippen LogP contribution >= 0.6 is 24.0 Å². The van der Waals surface area contributed by atoms with Crippen LogP contribution in [0.4, 0.5) is 0 Å². The summed E-state index contributed by atoms with van der Waals surface area (Å²) in [5, 5.41) is 6.94. The second kappa shape index (κ2) is 13.2. The van der Waals surface area contributed by atoms with E-state index in [-0.39, 0.29) is 24.0 Å². The van der Waals surface area contributed by atoms with Gasteiger partial charge < -0.3 is 20.3 Å². The highest BCUT2D eigenvalue weighted by atomic mass is 127. The fraction of sp³-hybridized carbons (Fsp3) is 0.667. The smallest absolute Gasteiger partial charge is 0.191 e. The molecule has 0 spiro atoms. The standard InChI is InChI=1S/C21H36N4O.HI/c1-5-25(6-2)14-7-8-17(3)24-21(22-4)23-13-11-18-9-10-20-19(16-18)12-15-26-20;/h9-10,16-17H,5-8,11-15H2,1-4H3,(H2,22,23,24);1H. The summed E-state index contributed by atoms with van der Waals surface area (Å²) < 4.78 is 5.57. The van der Waals surface area contributed by atoms with Gasteiger partial charge in [-0.15, -0.1) is 24.0 Å². The molecular formula is C21H37IN4O. The van der Waals surface area contributed by atoms with Crippen LogP contribution in [0, 0.1) is 0 Å². The Balaban J connectivity index is 0.00000364. The summed E-state index contributed by atoms with van der Waals surface area (Å²) in [6.45, 7) is 11.8. The van der Waals surface area contributed by atoms with Crippen molar-refractivity contribution in [1.29, 1.82) is 0 Å². The molecule has 0 aliphatic carbocycles. The maximum atomic E-state index is 5.57. The number of halogens is 1. The first-order valence-corrected chi connectivity index (χ1v) is 10.1. The largest absolute Gasteiger partial charge is 0.493 e. The van der Waals surface area contributed by atoms with Gasteiger partial charge in [-0.25, -0.2) is 0 Å². The average Bonchev–Trinajstić information content (AvgIpc) is 3.12. The molecule has 1 unspecified atom stereocenters. The SMILES string of the molecule is CCN(CC)CCCC(C)NC(=NC)NCCc1ccc2c(c1)CCO2.I. The highest BCUT2D eigenvalue weighted by Crippen LogP contribution is 2.25. The number of nitrogens with zero attached hydrogens (tertiary/aromatic N) is 2. The highest BCUT2D eigenvalue weighted by molar-refractivity contribution is 14.0. The van der Waals surface area contributed by atoms with Gasteiger partial charge >= 0.3 is 0 Å². The molecule has 0 amide bonds. The Labute approximate surface area is 182 Å². The van der Waals surface area contributed by atoms with Gasteiger partial charge in [0.25, 0.3) is 0 Å². The van der Waals surface area contributed by atoms with Gasteiger partial charge in [-0.05, 0) is 63.0 Å². The molecule has 1 heterocycles. The van der Waals surface area contributed by atoms with Crippen molar-refractivity contribution in [1.82, 2.24) is 15.5 Å². The zero-order valence-corrected chi connectivity index (χ0v) is 19.7. The summed E-state index contributed by atoms with van der Waals surface area (Å²) in [6, 6.07) is 6.96. The van der Waals surface area contributed by atoms with Crippen LogP contribution in [0.1, 0.15) is 44.7 Å². The van der Waals surface area contributed by atoms with Crippen LogP contribution < -0.4 is 15.4 Å². The van der Waals surface area contributed by atoms with Crippen molar-refractivity contribution in [2.75, 3.05) is 39.8 Å². The van der Waals surface area contributed by atoms with E-state index >= 15 is 0 Å². The Morgan fingerprint density at radius 1 is 1.30 bits per heavy atom. The summed E-state index contributed by atoms with van der Waals surface area (Å²) >= 11 is 0. The predicted molar refractivity (Wildman–Crippen MR) is 126 cm³/mol. The Bertz CT molecular complexity index is 575. The van der Waals surface area contributed by atoms with Gasteiger partial charge in [-0.3, -0.25) is 4.99 Å². The van der Waals surface area contributed by atoms with Crippen LogP contribution in [-0.2, 0) is 12.8 Å². The summed E-state index contributed by atoms with van der Waals surface area (Å²) in [5.74, 6) is 1.95. The third-order valence-electron chi connectivity index (χ3n) is 5.07. The van der Waals surface area contributed by atoms with E-state index in [1.807, 2.05) is 7.05 Å². The summed E-state index contributed by atoms with van der Waals surface area (Å²) in [7, 11) is 1.84. The normalized spacial score (nSPS) is 14.3. The summed E-state index contributed by atoms with van der Waals surface area (Å²) in [5.41, 5.74) is 2.69. The van der Waals surface area contributed by atoms with E-state index < -0.39 is 0 Å². The molecule has 6 heteroatoms. The molecule has 1 aromatic carbocycles. The van der Waals surface area contributed by atoms with Crippen molar-refractivity contribution in [2.24, 2.45) is 4.99 Å². The molecule has 0 bridgehead atoms. The molecule has 27 heavy (non-hydrogen) atoms. The molecule has 0 aromatic heterocycles. The van der Waals surface area contributed by atoms with Gasteiger partial charge in [0.2, 0.25) is 0 Å². The minimum atomic E-state index is 0. The molecule has 2 rings (SSSR count). The van der Waals surface area contributed by atoms with Crippen LogP contribution in [0.3, 0.4) is 0 Å². The lowest BCUT2D eigenvalue weighted by molar-refractivity contribution is 0.292. The molecule has 0 fully saturated rings. The number of fused-ring (bicyclic) bond motifs is 1. The quantitative estimate of drug-likeness (QED) is 0.301. The van der Waals surface area contributed by atoms with E-state index in [2.05, 4.69) is 59.5 Å². The monoisotopic (exact) mass is 488 g/mol. The van der Waals surface area contributed by atoms with Gasteiger partial charge in [0.05, 0.1) is 6.61 Å². The topological polar surface area (TPSA) is 48.9 Å². The van der Waals surface area contributed by atoms with Crippen molar-refractivity contribution in [3.8, 4) is 5.75 Å². The van der Waals surface area contributed by atoms with Crippen LogP contribution in [0.5, 0.6) is 5.75 Å². The Hall–Kier alpha value is -1.02. The third kappa shape index (κ3) is 8.25. The fourth-order valence-electron chi connectivity index (χ4n) is 3.38. The van der Waals surface area contributed by atoms with Crippen LogP contribution in [0.25, 0.3) is 0 Å². The Morgan fingerprint density at radius 3 is 2.78 bits per heavy atom. The van der Waals surface area contributed by atoms with E-state index in [4.69, 9.17) is 4.74 Å². The Kier molecular flexibility index (Phi) is 11.7. The van der Waals surface area contributed by atoms with Crippen LogP contribution in [0.2, 0.25) is 0 Å². The number of rotatable bonds is 10. The molecule has 154 valence electrons. The second-order valence-electron chi connectivity index (χ2n) is 7.00. The molecule has 0 saturated carbocycles. The van der Waals surface area contributed by atoms with E-state index in [9.17, 15) is 0 Å². The lowest BCUT2D eigenvalue weighted by Gasteiger charge is -2.21. The van der Waals surface area contributed by atoms with Crippen molar-refractivity contribution in [3.05, 3.63) is 29.3 Å². The molecular weight excluding hydrogens is 451 g/mol. The fourth-order valence-corrected chi connectivity index (χ4v) is 3.38. The molecule has 2 N–H and O–H groups in total. The number of ether oxygens (including phenoxy) is 1. The van der Waals surface area contributed by atoms with Gasteiger partial charge in [0, 0.05) is 26.1 Å². The predicted octanol–water partition coefficient (Wildman–Crippen LogP) is 3.46. The Morgan fingerprint density at radius 2 is 2.07 bits per heavy atom. The summed E-state index contributed by atoms with van der Waals surface area (Å²) in [4.78, 5) is 6.83. The van der Waals surface area contributed by atoms with Crippen LogP contribution in [0.15, 0.2) is 23.2 Å². The number of hydrogen-bond donors (Lipinski definition) is 2. The maximum Gasteiger partial charge on any atom is 0.191 e. The van der Waals surface area contributed by atoms with Gasteiger partial charge in [-0.1, -0.05) is 26.0 Å². The third-order valence-corrected chi connectivity index (χ3v) is 5.07. The zero-order chi connectivity index (χ0) is 18.8. The van der Waals surface area contributed by atoms with Crippen LogP contribution in [-0.4, -0.2) is 56.7 Å². The average molecular weight is 488 g/mol. The van der Waals surface area contributed by atoms with Gasteiger partial charge in [0.15, 0.2) is 5.96 Å². The first-order chi connectivity index (χ1) is 12.7. The van der Waals surface area contributed by atoms with Crippen molar-refractivity contribution in [2.45, 2.75) is 52.5 Å². The summed E-state index contributed by atoms with van der Waals surface area (Å²) in [6.07, 6.45) is 4.39. The zero-order valence-electron chi connectivity index (χ0n) is 17.4. The van der Waals surface area contributed by atoms with E-state index in [0.717, 1.165) is 57.2 Å². The van der Waals surface area contributed by atoms with Crippen molar-refractivity contribution in [3.63, 3.8) is 0 Å². The van der Waals surface area contributed by atoms with Crippen molar-refractivity contribution < 1.29 is 4.74 Å². The van der Waals surface area contributed by atoms with Gasteiger partial charge in [0.1, 0.15) is 5.75 Å². The van der Waals surface area contributed by atoms with E-state index in [1.165, 1.54) is 24.1 Å². The maximum absolute atomic E-state index is 5.57. The molecule has 1 aromatic rings. The molecule has 0 radical (unpaired) electrons. The number of aliphatic imine (C=N–C) groups is 1. The molecule has 0 saturated heterocycles. The number of benzene rings is 1. The minimum absolute atomic E-state index is 0. The number of nitrogens with one attached hydrogen (secondary N) is 2. The number of hydrogen-bond acceptors (Lipinski definition) is 3. The van der Waals surface area contributed by atoms with Crippen molar-refractivity contribution >= 4 is 29.9 Å². The van der Waals surface area contributed by atoms with E-state index in [0.29, 0.717) is 6.04 Å². The minimum Gasteiger partial charge on any atom is -0.493 e. The molecule has 1 atom stereocenters. The molecule has 1 aliphatic heterocycles. The lowest BCUT2D eigenvalue weighted by Crippen LogP contribution is -2.43. The molecule has 5 nitrogen and oxygen atoms in total. The lowest BCUT2D eigenvalue weighted by atomic mass is 10.1. The van der Waals surface area contributed by atoms with E-state index in [1.54, 1.807) is 0 Å². The second-order valence-corrected chi connectivity index (χ2v) is 7.00. The number of guanidine groups is 1. The van der Waals surface area contributed by atoms with Gasteiger partial charge in [-0.2, -0.15) is 0 Å². The highest BCUT2D eigenvalue weighted by Gasteiger charge is 2.12. The molecule has 1 aliphatic rings. The first kappa shape index (κ1) is 24.0. The first-order valence-electron chi connectivity index (χ1n) is 10.1.